The highest BCUT2D eigenvalue weighted by atomic mass is 32.1. The largest absolute Gasteiger partial charge is 0.340 e. The van der Waals surface area contributed by atoms with Gasteiger partial charge in [0.2, 0.25) is 5.89 Å². The molecule has 1 saturated heterocycles. The normalized spacial score (nSPS) is 21.3. The van der Waals surface area contributed by atoms with Crippen LogP contribution in [0.25, 0.3) is 0 Å². The number of likely N-dealkylation sites (tertiary alicyclic amines) is 1. The molecule has 5 nitrogen and oxygen atoms in total. The van der Waals surface area contributed by atoms with Crippen molar-refractivity contribution in [3.05, 3.63) is 33.1 Å². The summed E-state index contributed by atoms with van der Waals surface area (Å²) < 4.78 is 5.09. The summed E-state index contributed by atoms with van der Waals surface area (Å²) in [4.78, 5) is 21.5. The van der Waals surface area contributed by atoms with Gasteiger partial charge in [0.25, 0.3) is 5.91 Å². The predicted molar refractivity (Wildman–Crippen MR) is 87.9 cm³/mol. The molecule has 23 heavy (non-hydrogen) atoms. The number of piperidine rings is 1. The fraction of sp³-hybridized carbons (Fsp3) is 0.588. The van der Waals surface area contributed by atoms with Crippen molar-refractivity contribution in [3.8, 4) is 0 Å². The summed E-state index contributed by atoms with van der Waals surface area (Å²) in [7, 11) is 0. The maximum Gasteiger partial charge on any atom is 0.263 e. The summed E-state index contributed by atoms with van der Waals surface area (Å²) in [5, 5.41) is 4.04. The van der Waals surface area contributed by atoms with Gasteiger partial charge in [-0.1, -0.05) is 5.16 Å². The van der Waals surface area contributed by atoms with E-state index in [1.54, 1.807) is 18.3 Å². The molecule has 2 aromatic rings. The van der Waals surface area contributed by atoms with Gasteiger partial charge in [0.15, 0.2) is 5.82 Å². The van der Waals surface area contributed by atoms with Crippen LogP contribution in [0, 0.1) is 6.92 Å². The number of carbonyl (C=O) groups excluding carboxylic acids is 1. The number of rotatable bonds is 2. The molecule has 0 spiro atoms. The molecule has 2 aromatic heterocycles. The van der Waals surface area contributed by atoms with Gasteiger partial charge in [0.1, 0.15) is 0 Å². The minimum Gasteiger partial charge on any atom is -0.340 e. The van der Waals surface area contributed by atoms with Gasteiger partial charge in [-0.3, -0.25) is 4.79 Å². The molecule has 0 aromatic carbocycles. The summed E-state index contributed by atoms with van der Waals surface area (Å²) in [6.45, 7) is 3.33. The summed E-state index contributed by atoms with van der Waals surface area (Å²) in [6, 6.07) is 2.13. The molecule has 122 valence electrons. The van der Waals surface area contributed by atoms with Crippen molar-refractivity contribution in [3.63, 3.8) is 0 Å². The lowest BCUT2D eigenvalue weighted by Crippen LogP contribution is -2.39. The van der Waals surface area contributed by atoms with Crippen molar-refractivity contribution in [2.24, 2.45) is 0 Å². The molecule has 0 unspecified atom stereocenters. The second kappa shape index (κ2) is 6.07. The molecule has 0 radical (unpaired) electrons. The SMILES string of the molecule is Cc1nc([C@H]2CCCN(C(=O)c3cc4c(s3)CCCC4)C2)no1. The third-order valence-electron chi connectivity index (χ3n) is 4.82. The van der Waals surface area contributed by atoms with Crippen LogP contribution in [0.4, 0.5) is 0 Å². The van der Waals surface area contributed by atoms with Gasteiger partial charge in [-0.2, -0.15) is 4.98 Å². The number of carbonyl (C=O) groups is 1. The van der Waals surface area contributed by atoms with E-state index in [-0.39, 0.29) is 11.8 Å². The Hall–Kier alpha value is -1.69. The van der Waals surface area contributed by atoms with E-state index in [0.717, 1.165) is 42.9 Å². The smallest absolute Gasteiger partial charge is 0.263 e. The molecular weight excluding hydrogens is 310 g/mol. The number of hydrogen-bond donors (Lipinski definition) is 0. The van der Waals surface area contributed by atoms with Crippen molar-refractivity contribution < 1.29 is 9.32 Å². The number of amides is 1. The lowest BCUT2D eigenvalue weighted by molar-refractivity contribution is 0.0708. The van der Waals surface area contributed by atoms with Crippen LogP contribution in [0.1, 0.15) is 63.4 Å². The van der Waals surface area contributed by atoms with E-state index in [1.807, 2.05) is 4.90 Å². The molecule has 1 atom stereocenters. The number of aromatic nitrogens is 2. The van der Waals surface area contributed by atoms with E-state index in [1.165, 1.54) is 23.3 Å². The van der Waals surface area contributed by atoms with Gasteiger partial charge >= 0.3 is 0 Å². The average Bonchev–Trinajstić information content (AvgIpc) is 3.20. The Bertz CT molecular complexity index is 698. The first-order chi connectivity index (χ1) is 11.2. The third-order valence-corrected chi connectivity index (χ3v) is 6.05. The highest BCUT2D eigenvalue weighted by Gasteiger charge is 2.29. The Labute approximate surface area is 139 Å². The lowest BCUT2D eigenvalue weighted by Gasteiger charge is -2.30. The van der Waals surface area contributed by atoms with Crippen LogP contribution >= 0.6 is 11.3 Å². The van der Waals surface area contributed by atoms with Crippen molar-refractivity contribution in [1.82, 2.24) is 15.0 Å². The molecule has 0 N–H and O–H groups in total. The van der Waals surface area contributed by atoms with E-state index in [2.05, 4.69) is 16.2 Å². The van der Waals surface area contributed by atoms with E-state index in [9.17, 15) is 4.79 Å². The van der Waals surface area contributed by atoms with Crippen LogP contribution in [-0.4, -0.2) is 34.0 Å². The first-order valence-electron chi connectivity index (χ1n) is 8.42. The van der Waals surface area contributed by atoms with Crippen LogP contribution in [0.15, 0.2) is 10.6 Å². The van der Waals surface area contributed by atoms with Crippen molar-refractivity contribution >= 4 is 17.2 Å². The number of thiophene rings is 1. The maximum atomic E-state index is 12.9. The molecule has 0 bridgehead atoms. The number of aryl methyl sites for hydroxylation is 3. The monoisotopic (exact) mass is 331 g/mol. The molecule has 1 amide bonds. The summed E-state index contributed by atoms with van der Waals surface area (Å²) in [5.41, 5.74) is 1.40. The summed E-state index contributed by atoms with van der Waals surface area (Å²) in [6.07, 6.45) is 6.78. The van der Waals surface area contributed by atoms with Gasteiger partial charge in [-0.25, -0.2) is 0 Å². The Morgan fingerprint density at radius 2 is 2.22 bits per heavy atom. The number of hydrogen-bond acceptors (Lipinski definition) is 5. The van der Waals surface area contributed by atoms with Gasteiger partial charge in [0, 0.05) is 30.8 Å². The Morgan fingerprint density at radius 3 is 3.00 bits per heavy atom. The van der Waals surface area contributed by atoms with Gasteiger partial charge in [-0.15, -0.1) is 11.3 Å². The van der Waals surface area contributed by atoms with Crippen molar-refractivity contribution in [1.29, 1.82) is 0 Å². The quantitative estimate of drug-likeness (QED) is 0.847. The van der Waals surface area contributed by atoms with Gasteiger partial charge < -0.3 is 9.42 Å². The molecule has 4 rings (SSSR count). The van der Waals surface area contributed by atoms with Crippen molar-refractivity contribution in [2.75, 3.05) is 13.1 Å². The third kappa shape index (κ3) is 2.92. The first-order valence-corrected chi connectivity index (χ1v) is 9.23. The van der Waals surface area contributed by atoms with Crippen LogP contribution in [0.2, 0.25) is 0 Å². The van der Waals surface area contributed by atoms with E-state index in [4.69, 9.17) is 4.52 Å². The zero-order valence-electron chi connectivity index (χ0n) is 13.4. The first kappa shape index (κ1) is 14.9. The second-order valence-electron chi connectivity index (χ2n) is 6.53. The molecule has 6 heteroatoms. The van der Waals surface area contributed by atoms with E-state index in [0.29, 0.717) is 12.4 Å². The van der Waals surface area contributed by atoms with Crippen LogP contribution in [0.3, 0.4) is 0 Å². The minimum atomic E-state index is 0.175. The maximum absolute atomic E-state index is 12.9. The van der Waals surface area contributed by atoms with Crippen LogP contribution < -0.4 is 0 Å². The molecule has 1 aliphatic carbocycles. The van der Waals surface area contributed by atoms with Crippen LogP contribution in [-0.2, 0) is 12.8 Å². The highest BCUT2D eigenvalue weighted by Crippen LogP contribution is 2.32. The molecular formula is C17H21N3O2S. The fourth-order valence-electron chi connectivity index (χ4n) is 3.61. The number of nitrogens with zero attached hydrogens (tertiary/aromatic N) is 3. The predicted octanol–water partition coefficient (Wildman–Crippen LogP) is 3.34. The molecule has 2 aliphatic rings. The average molecular weight is 331 g/mol. The summed E-state index contributed by atoms with van der Waals surface area (Å²) >= 11 is 1.70. The number of fused-ring (bicyclic) bond motifs is 1. The molecule has 3 heterocycles. The fourth-order valence-corrected chi connectivity index (χ4v) is 4.83. The topological polar surface area (TPSA) is 59.2 Å². The Morgan fingerprint density at radius 1 is 1.35 bits per heavy atom. The van der Waals surface area contributed by atoms with Gasteiger partial charge in [-0.05, 0) is 50.2 Å². The Kier molecular flexibility index (Phi) is 3.93. The lowest BCUT2D eigenvalue weighted by atomic mass is 9.97. The standard InChI is InChI=1S/C17H21N3O2S/c1-11-18-16(19-22-11)13-6-4-8-20(10-13)17(21)15-9-12-5-2-3-7-14(12)23-15/h9,13H,2-8,10H2,1H3/t13-/m0/s1. The van der Waals surface area contributed by atoms with E-state index >= 15 is 0 Å². The molecule has 1 fully saturated rings. The van der Waals surface area contributed by atoms with Crippen LogP contribution in [0.5, 0.6) is 0 Å². The van der Waals surface area contributed by atoms with E-state index < -0.39 is 0 Å². The minimum absolute atomic E-state index is 0.175. The zero-order valence-corrected chi connectivity index (χ0v) is 14.2. The second-order valence-corrected chi connectivity index (χ2v) is 7.66. The highest BCUT2D eigenvalue weighted by molar-refractivity contribution is 7.14. The molecule has 1 aliphatic heterocycles. The summed E-state index contributed by atoms with van der Waals surface area (Å²) in [5.74, 6) is 1.70. The Balaban J connectivity index is 1.50. The zero-order chi connectivity index (χ0) is 15.8. The van der Waals surface area contributed by atoms with Gasteiger partial charge in [0.05, 0.1) is 4.88 Å². The van der Waals surface area contributed by atoms with Crippen molar-refractivity contribution in [2.45, 2.75) is 51.4 Å². The molecule has 0 saturated carbocycles.